The van der Waals surface area contributed by atoms with E-state index in [1.807, 2.05) is 18.4 Å². The van der Waals surface area contributed by atoms with E-state index in [0.717, 1.165) is 12.0 Å². The quantitative estimate of drug-likeness (QED) is 0.888. The average Bonchev–Trinajstić information content (AvgIpc) is 3.01. The number of amides is 1. The summed E-state index contributed by atoms with van der Waals surface area (Å²) in [6.07, 6.45) is 0.801. The number of rotatable bonds is 5. The summed E-state index contributed by atoms with van der Waals surface area (Å²) in [5.41, 5.74) is 1.13. The van der Waals surface area contributed by atoms with Gasteiger partial charge in [-0.2, -0.15) is 0 Å². The lowest BCUT2D eigenvalue weighted by Crippen LogP contribution is -2.22. The van der Waals surface area contributed by atoms with Crippen molar-refractivity contribution in [3.8, 4) is 0 Å². The van der Waals surface area contributed by atoms with Crippen LogP contribution in [0.5, 0.6) is 0 Å². The Morgan fingerprint density at radius 2 is 2.20 bits per heavy atom. The minimum absolute atomic E-state index is 0.125. The van der Waals surface area contributed by atoms with Gasteiger partial charge in [0.2, 0.25) is 0 Å². The van der Waals surface area contributed by atoms with Crippen molar-refractivity contribution in [1.29, 1.82) is 0 Å². The molecule has 1 amide bonds. The molecule has 2 rings (SSSR count). The molecule has 0 atom stereocenters. The van der Waals surface area contributed by atoms with E-state index in [4.69, 9.17) is 9.52 Å². The molecule has 2 heterocycles. The maximum absolute atomic E-state index is 12.0. The standard InChI is InChI=1S/C14H15NO4S/c1-3-9-4-5-20-12(9)13(16)15-7-10-6-11(14(17)18)8(2)19-10/h4-6H,3,7H2,1-2H3,(H,15,16)(H,17,18). The fourth-order valence-electron chi connectivity index (χ4n) is 1.90. The average molecular weight is 293 g/mol. The molecule has 0 aromatic carbocycles. The molecule has 5 nitrogen and oxygen atoms in total. The van der Waals surface area contributed by atoms with Crippen LogP contribution in [0.2, 0.25) is 0 Å². The number of furan rings is 1. The maximum Gasteiger partial charge on any atom is 0.339 e. The third-order valence-electron chi connectivity index (χ3n) is 2.96. The van der Waals surface area contributed by atoms with Crippen molar-refractivity contribution in [2.75, 3.05) is 0 Å². The van der Waals surface area contributed by atoms with Crippen molar-refractivity contribution in [1.82, 2.24) is 5.32 Å². The van der Waals surface area contributed by atoms with Crippen molar-refractivity contribution in [2.45, 2.75) is 26.8 Å². The molecule has 2 aromatic heterocycles. The second kappa shape index (κ2) is 5.92. The highest BCUT2D eigenvalue weighted by Gasteiger charge is 2.16. The smallest absolute Gasteiger partial charge is 0.339 e. The molecule has 6 heteroatoms. The van der Waals surface area contributed by atoms with Gasteiger partial charge in [-0.3, -0.25) is 4.79 Å². The molecule has 2 aromatic rings. The highest BCUT2D eigenvalue weighted by atomic mass is 32.1. The zero-order valence-electron chi connectivity index (χ0n) is 11.2. The summed E-state index contributed by atoms with van der Waals surface area (Å²) in [7, 11) is 0. The van der Waals surface area contributed by atoms with Crippen molar-refractivity contribution >= 4 is 23.2 Å². The summed E-state index contributed by atoms with van der Waals surface area (Å²) in [5.74, 6) is -0.423. The lowest BCUT2D eigenvalue weighted by Gasteiger charge is -2.03. The molecule has 0 spiro atoms. The summed E-state index contributed by atoms with van der Waals surface area (Å²) in [6.45, 7) is 3.76. The normalized spacial score (nSPS) is 10.5. The molecule has 0 fully saturated rings. The number of carbonyl (C=O) groups excluding carboxylic acids is 1. The van der Waals surface area contributed by atoms with Crippen LogP contribution in [0.15, 0.2) is 21.9 Å². The Hall–Kier alpha value is -2.08. The Bertz CT molecular complexity index is 641. The van der Waals surface area contributed by atoms with Crippen molar-refractivity contribution in [2.24, 2.45) is 0 Å². The predicted octanol–water partition coefficient (Wildman–Crippen LogP) is 2.84. The fraction of sp³-hybridized carbons (Fsp3) is 0.286. The van der Waals surface area contributed by atoms with Crippen molar-refractivity contribution in [3.63, 3.8) is 0 Å². The Kier molecular flexibility index (Phi) is 4.24. The Morgan fingerprint density at radius 3 is 2.80 bits per heavy atom. The number of carbonyl (C=O) groups is 2. The van der Waals surface area contributed by atoms with Gasteiger partial charge in [-0.15, -0.1) is 11.3 Å². The molecular weight excluding hydrogens is 278 g/mol. The number of nitrogens with one attached hydrogen (secondary N) is 1. The number of aryl methyl sites for hydroxylation is 2. The van der Waals surface area contributed by atoms with Gasteiger partial charge in [0, 0.05) is 0 Å². The third kappa shape index (κ3) is 2.91. The van der Waals surface area contributed by atoms with Gasteiger partial charge in [-0.25, -0.2) is 4.79 Å². The first-order valence-corrected chi connectivity index (χ1v) is 7.08. The van der Waals surface area contributed by atoms with Gasteiger partial charge < -0.3 is 14.8 Å². The highest BCUT2D eigenvalue weighted by molar-refractivity contribution is 7.12. The molecule has 0 saturated heterocycles. The lowest BCUT2D eigenvalue weighted by molar-refractivity contribution is 0.0694. The van der Waals surface area contributed by atoms with E-state index in [-0.39, 0.29) is 18.0 Å². The molecule has 0 saturated carbocycles. The largest absolute Gasteiger partial charge is 0.478 e. The highest BCUT2D eigenvalue weighted by Crippen LogP contribution is 2.18. The van der Waals surface area contributed by atoms with Crippen molar-refractivity contribution in [3.05, 3.63) is 45.0 Å². The second-order valence-electron chi connectivity index (χ2n) is 4.30. The van der Waals surface area contributed by atoms with Gasteiger partial charge in [0.05, 0.1) is 11.4 Å². The van der Waals surface area contributed by atoms with E-state index in [2.05, 4.69) is 5.32 Å². The van der Waals surface area contributed by atoms with Crippen molar-refractivity contribution < 1.29 is 19.1 Å². The molecule has 0 unspecified atom stereocenters. The number of hydrogen-bond acceptors (Lipinski definition) is 4. The van der Waals surface area contributed by atoms with E-state index < -0.39 is 5.97 Å². The van der Waals surface area contributed by atoms with Gasteiger partial charge in [-0.05, 0) is 36.4 Å². The summed E-state index contributed by atoms with van der Waals surface area (Å²) in [6, 6.07) is 3.37. The fourth-order valence-corrected chi connectivity index (χ4v) is 2.82. The molecule has 0 aliphatic heterocycles. The number of hydrogen-bond donors (Lipinski definition) is 2. The Balaban J connectivity index is 2.04. The van der Waals surface area contributed by atoms with Gasteiger partial charge in [0.1, 0.15) is 17.1 Å². The summed E-state index contributed by atoms with van der Waals surface area (Å²) in [5, 5.41) is 13.6. The first-order valence-electron chi connectivity index (χ1n) is 6.20. The first-order chi connectivity index (χ1) is 9.52. The molecule has 0 radical (unpaired) electrons. The van der Waals surface area contributed by atoms with Gasteiger partial charge >= 0.3 is 5.97 Å². The summed E-state index contributed by atoms with van der Waals surface area (Å²) < 4.78 is 5.31. The Labute approximate surface area is 120 Å². The number of thiophene rings is 1. The third-order valence-corrected chi connectivity index (χ3v) is 3.91. The zero-order chi connectivity index (χ0) is 14.7. The van der Waals surface area contributed by atoms with E-state index in [1.165, 1.54) is 17.4 Å². The van der Waals surface area contributed by atoms with Gasteiger partial charge in [0.15, 0.2) is 0 Å². The minimum Gasteiger partial charge on any atom is -0.478 e. The van der Waals surface area contributed by atoms with Crippen LogP contribution in [-0.4, -0.2) is 17.0 Å². The molecule has 0 aliphatic rings. The van der Waals surface area contributed by atoms with Crippen LogP contribution in [0.4, 0.5) is 0 Å². The molecular formula is C14H15NO4S. The zero-order valence-corrected chi connectivity index (χ0v) is 12.0. The molecule has 2 N–H and O–H groups in total. The monoisotopic (exact) mass is 293 g/mol. The van der Waals surface area contributed by atoms with E-state index in [9.17, 15) is 9.59 Å². The number of carboxylic acid groups (broad SMARTS) is 1. The first kappa shape index (κ1) is 14.3. The molecule has 20 heavy (non-hydrogen) atoms. The summed E-state index contributed by atoms with van der Waals surface area (Å²) in [4.78, 5) is 23.6. The molecule has 0 bridgehead atoms. The Morgan fingerprint density at radius 1 is 1.45 bits per heavy atom. The predicted molar refractivity (Wildman–Crippen MR) is 75.3 cm³/mol. The lowest BCUT2D eigenvalue weighted by atomic mass is 10.2. The summed E-state index contributed by atoms with van der Waals surface area (Å²) >= 11 is 1.39. The molecule has 106 valence electrons. The van der Waals surface area contributed by atoms with Gasteiger partial charge in [-0.1, -0.05) is 6.92 Å². The van der Waals surface area contributed by atoms with E-state index >= 15 is 0 Å². The van der Waals surface area contributed by atoms with Gasteiger partial charge in [0.25, 0.3) is 5.91 Å². The second-order valence-corrected chi connectivity index (χ2v) is 5.22. The topological polar surface area (TPSA) is 79.5 Å². The number of aromatic carboxylic acids is 1. The van der Waals surface area contributed by atoms with Crippen LogP contribution < -0.4 is 5.32 Å². The maximum atomic E-state index is 12.0. The van der Waals surface area contributed by atoms with Crippen LogP contribution in [0.25, 0.3) is 0 Å². The number of carboxylic acids is 1. The van der Waals surface area contributed by atoms with Crippen LogP contribution in [0.1, 0.15) is 44.0 Å². The SMILES string of the molecule is CCc1ccsc1C(=O)NCc1cc(C(=O)O)c(C)o1. The van der Waals surface area contributed by atoms with Crippen LogP contribution >= 0.6 is 11.3 Å². The van der Waals surface area contributed by atoms with Crippen LogP contribution in [0, 0.1) is 6.92 Å². The van der Waals surface area contributed by atoms with E-state index in [1.54, 1.807) is 6.92 Å². The van der Waals surface area contributed by atoms with Crippen LogP contribution in [0.3, 0.4) is 0 Å². The molecule has 0 aliphatic carbocycles. The minimum atomic E-state index is -1.03. The van der Waals surface area contributed by atoms with E-state index in [0.29, 0.717) is 16.4 Å². The van der Waals surface area contributed by atoms with Crippen LogP contribution in [-0.2, 0) is 13.0 Å².